The van der Waals surface area contributed by atoms with E-state index in [4.69, 9.17) is 5.73 Å². The van der Waals surface area contributed by atoms with Gasteiger partial charge in [-0.3, -0.25) is 14.6 Å². The molecule has 2 N–H and O–H groups in total. The Labute approximate surface area is 147 Å². The molecule has 1 amide bonds. The van der Waals surface area contributed by atoms with E-state index in [-0.39, 0.29) is 30.7 Å². The number of carbonyl (C=O) groups is 1. The lowest BCUT2D eigenvalue weighted by molar-refractivity contribution is -0.132. The molecule has 2 heterocycles. The quantitative estimate of drug-likeness (QED) is 0.805. The first-order valence-corrected chi connectivity index (χ1v) is 8.07. The summed E-state index contributed by atoms with van der Waals surface area (Å²) in [5, 5.41) is 0. The third-order valence-corrected chi connectivity index (χ3v) is 4.89. The molecule has 0 aliphatic carbocycles. The van der Waals surface area contributed by atoms with Crippen molar-refractivity contribution < 1.29 is 4.79 Å². The van der Waals surface area contributed by atoms with E-state index in [0.717, 1.165) is 44.8 Å². The van der Waals surface area contributed by atoms with Gasteiger partial charge in [0.25, 0.3) is 0 Å². The van der Waals surface area contributed by atoms with Crippen molar-refractivity contribution in [2.24, 2.45) is 5.73 Å². The van der Waals surface area contributed by atoms with Gasteiger partial charge in [-0.25, -0.2) is 0 Å². The van der Waals surface area contributed by atoms with Gasteiger partial charge in [-0.05, 0) is 26.7 Å². The van der Waals surface area contributed by atoms with Crippen LogP contribution in [0.5, 0.6) is 0 Å². The number of nitrogens with zero attached hydrogens (tertiary/aromatic N) is 3. The van der Waals surface area contributed by atoms with Crippen LogP contribution in [-0.2, 0) is 4.79 Å². The predicted octanol–water partition coefficient (Wildman–Crippen LogP) is 1.20. The van der Waals surface area contributed by atoms with Crippen molar-refractivity contribution in [2.45, 2.75) is 45.2 Å². The van der Waals surface area contributed by atoms with Gasteiger partial charge in [-0.2, -0.15) is 0 Å². The Morgan fingerprint density at radius 1 is 1.00 bits per heavy atom. The van der Waals surface area contributed by atoms with E-state index in [1.165, 1.54) is 19.4 Å². The highest BCUT2D eigenvalue weighted by atomic mass is 35.5. The van der Waals surface area contributed by atoms with Crippen LogP contribution in [0.25, 0.3) is 0 Å². The molecule has 2 fully saturated rings. The SMILES string of the molecule is CC1CCC(C)N1CCN1CCN(C(=O)CCN)CC1.Cl.Cl. The monoisotopic (exact) mass is 354 g/mol. The second-order valence-electron chi connectivity index (χ2n) is 6.27. The fraction of sp³-hybridized carbons (Fsp3) is 0.933. The number of amides is 1. The summed E-state index contributed by atoms with van der Waals surface area (Å²) in [6.07, 6.45) is 3.16. The number of rotatable bonds is 5. The zero-order valence-corrected chi connectivity index (χ0v) is 15.5. The Morgan fingerprint density at radius 3 is 2.05 bits per heavy atom. The number of carbonyl (C=O) groups excluding carboxylic acids is 1. The summed E-state index contributed by atoms with van der Waals surface area (Å²) in [6, 6.07) is 1.47. The second kappa shape index (κ2) is 10.7. The van der Waals surface area contributed by atoms with Crippen molar-refractivity contribution in [2.75, 3.05) is 45.8 Å². The molecular formula is C15H32Cl2N4O. The van der Waals surface area contributed by atoms with Crippen LogP contribution in [0.2, 0.25) is 0 Å². The van der Waals surface area contributed by atoms with Gasteiger partial charge in [-0.1, -0.05) is 0 Å². The van der Waals surface area contributed by atoms with Gasteiger partial charge in [-0.15, -0.1) is 24.8 Å². The Bertz CT molecular complexity index is 315. The van der Waals surface area contributed by atoms with Gasteiger partial charge < -0.3 is 10.6 Å². The molecular weight excluding hydrogens is 323 g/mol. The number of halogens is 2. The van der Waals surface area contributed by atoms with Crippen LogP contribution < -0.4 is 5.73 Å². The summed E-state index contributed by atoms with van der Waals surface area (Å²) in [7, 11) is 0. The first kappa shape index (κ1) is 21.9. The molecule has 132 valence electrons. The zero-order chi connectivity index (χ0) is 14.5. The van der Waals surface area contributed by atoms with Gasteiger partial charge in [0.05, 0.1) is 0 Å². The van der Waals surface area contributed by atoms with Crippen molar-refractivity contribution in [3.05, 3.63) is 0 Å². The lowest BCUT2D eigenvalue weighted by atomic mass is 10.2. The first-order chi connectivity index (χ1) is 9.61. The molecule has 2 unspecified atom stereocenters. The number of hydrogen-bond donors (Lipinski definition) is 1. The van der Waals surface area contributed by atoms with Gasteiger partial charge >= 0.3 is 0 Å². The molecule has 0 bridgehead atoms. The van der Waals surface area contributed by atoms with Gasteiger partial charge in [0.1, 0.15) is 0 Å². The van der Waals surface area contributed by atoms with Crippen LogP contribution >= 0.6 is 24.8 Å². The highest BCUT2D eigenvalue weighted by Crippen LogP contribution is 2.22. The van der Waals surface area contributed by atoms with E-state index < -0.39 is 0 Å². The number of hydrogen-bond acceptors (Lipinski definition) is 4. The lowest BCUT2D eigenvalue weighted by Gasteiger charge is -2.36. The van der Waals surface area contributed by atoms with Crippen LogP contribution in [0.1, 0.15) is 33.1 Å². The molecule has 7 heteroatoms. The fourth-order valence-corrected chi connectivity index (χ4v) is 3.45. The summed E-state index contributed by atoms with van der Waals surface area (Å²) in [6.45, 7) is 11.2. The molecule has 2 aliphatic heterocycles. The Hall–Kier alpha value is -0.0700. The van der Waals surface area contributed by atoms with E-state index in [0.29, 0.717) is 13.0 Å². The minimum absolute atomic E-state index is 0. The standard InChI is InChI=1S/C15H30N4O.2ClH/c1-13-3-4-14(2)19(13)12-9-17-7-10-18(11-8-17)15(20)5-6-16;;/h13-14H,3-12,16H2,1-2H3;2*1H. The molecule has 2 saturated heterocycles. The van der Waals surface area contributed by atoms with E-state index in [2.05, 4.69) is 23.6 Å². The molecule has 0 aromatic heterocycles. The van der Waals surface area contributed by atoms with E-state index in [1.54, 1.807) is 0 Å². The van der Waals surface area contributed by atoms with Gasteiger partial charge in [0.15, 0.2) is 0 Å². The van der Waals surface area contributed by atoms with Crippen LogP contribution in [0.15, 0.2) is 0 Å². The van der Waals surface area contributed by atoms with Crippen LogP contribution in [0.4, 0.5) is 0 Å². The van der Waals surface area contributed by atoms with E-state index in [1.807, 2.05) is 4.90 Å². The van der Waals surface area contributed by atoms with Crippen LogP contribution in [0.3, 0.4) is 0 Å². The summed E-state index contributed by atoms with van der Waals surface area (Å²) in [5.41, 5.74) is 5.44. The summed E-state index contributed by atoms with van der Waals surface area (Å²) in [5.74, 6) is 0.217. The molecule has 0 saturated carbocycles. The minimum Gasteiger partial charge on any atom is -0.340 e. The third-order valence-electron chi connectivity index (χ3n) is 4.89. The van der Waals surface area contributed by atoms with Crippen molar-refractivity contribution >= 4 is 30.7 Å². The van der Waals surface area contributed by atoms with Crippen molar-refractivity contribution in [3.8, 4) is 0 Å². The van der Waals surface area contributed by atoms with Crippen LogP contribution in [-0.4, -0.2) is 78.5 Å². The van der Waals surface area contributed by atoms with E-state index in [9.17, 15) is 4.79 Å². The molecule has 22 heavy (non-hydrogen) atoms. The maximum Gasteiger partial charge on any atom is 0.223 e. The number of likely N-dealkylation sites (tertiary alicyclic amines) is 1. The fourth-order valence-electron chi connectivity index (χ4n) is 3.45. The maximum atomic E-state index is 11.8. The lowest BCUT2D eigenvalue weighted by Crippen LogP contribution is -2.51. The Morgan fingerprint density at radius 2 is 1.55 bits per heavy atom. The molecule has 2 aliphatic rings. The average molecular weight is 355 g/mol. The normalized spacial score (nSPS) is 26.4. The van der Waals surface area contributed by atoms with Gasteiger partial charge in [0.2, 0.25) is 5.91 Å². The highest BCUT2D eigenvalue weighted by Gasteiger charge is 2.28. The molecule has 0 spiro atoms. The first-order valence-electron chi connectivity index (χ1n) is 8.07. The molecule has 0 radical (unpaired) electrons. The van der Waals surface area contributed by atoms with Crippen molar-refractivity contribution in [1.29, 1.82) is 0 Å². The maximum absolute atomic E-state index is 11.8. The topological polar surface area (TPSA) is 52.8 Å². The highest BCUT2D eigenvalue weighted by molar-refractivity contribution is 5.85. The van der Waals surface area contributed by atoms with E-state index >= 15 is 0 Å². The summed E-state index contributed by atoms with van der Waals surface area (Å²) < 4.78 is 0. The predicted molar refractivity (Wildman–Crippen MR) is 96.1 cm³/mol. The molecule has 2 atom stereocenters. The van der Waals surface area contributed by atoms with Crippen molar-refractivity contribution in [3.63, 3.8) is 0 Å². The minimum atomic E-state index is 0. The molecule has 0 aromatic rings. The number of piperazine rings is 1. The zero-order valence-electron chi connectivity index (χ0n) is 13.9. The largest absolute Gasteiger partial charge is 0.340 e. The second-order valence-corrected chi connectivity index (χ2v) is 6.27. The summed E-state index contributed by atoms with van der Waals surface area (Å²) in [4.78, 5) is 18.9. The van der Waals surface area contributed by atoms with Gasteiger partial charge in [0, 0.05) is 64.3 Å². The smallest absolute Gasteiger partial charge is 0.223 e. The average Bonchev–Trinajstić information content (AvgIpc) is 2.77. The Kier molecular flexibility index (Phi) is 10.6. The number of nitrogens with two attached hydrogens (primary N) is 1. The summed E-state index contributed by atoms with van der Waals surface area (Å²) >= 11 is 0. The molecule has 0 aromatic carbocycles. The molecule has 2 rings (SSSR count). The Balaban J connectivity index is 0.00000220. The van der Waals surface area contributed by atoms with Crippen molar-refractivity contribution in [1.82, 2.24) is 14.7 Å². The van der Waals surface area contributed by atoms with Crippen LogP contribution in [0, 0.1) is 0 Å². The third kappa shape index (κ3) is 5.85. The molecule has 5 nitrogen and oxygen atoms in total.